The minimum absolute atomic E-state index is 0.0220. The number of carbonyl (C=O) groups excluding carboxylic acids is 1. The maximum absolute atomic E-state index is 13.0. The lowest BCUT2D eigenvalue weighted by Gasteiger charge is -2.23. The van der Waals surface area contributed by atoms with Crippen molar-refractivity contribution in [2.45, 2.75) is 32.1 Å². The summed E-state index contributed by atoms with van der Waals surface area (Å²) in [5, 5.41) is 11.1. The number of nitrogens with two attached hydrogens (primary N) is 1. The summed E-state index contributed by atoms with van der Waals surface area (Å²) >= 11 is 0. The highest BCUT2D eigenvalue weighted by molar-refractivity contribution is 5.99. The summed E-state index contributed by atoms with van der Waals surface area (Å²) in [6.07, 6.45) is 2.24. The number of aromatic nitrogens is 2. The van der Waals surface area contributed by atoms with Crippen molar-refractivity contribution in [3.63, 3.8) is 0 Å². The Morgan fingerprint density at radius 3 is 2.44 bits per heavy atom. The van der Waals surface area contributed by atoms with Crippen LogP contribution in [0.2, 0.25) is 0 Å². The van der Waals surface area contributed by atoms with Crippen LogP contribution in [-0.2, 0) is 13.2 Å². The van der Waals surface area contributed by atoms with Crippen molar-refractivity contribution in [1.82, 2.24) is 14.9 Å². The van der Waals surface area contributed by atoms with Crippen molar-refractivity contribution >= 4 is 22.7 Å². The van der Waals surface area contributed by atoms with E-state index in [0.29, 0.717) is 28.2 Å². The van der Waals surface area contributed by atoms with Crippen LogP contribution >= 0.6 is 0 Å². The van der Waals surface area contributed by atoms with Crippen LogP contribution in [0.25, 0.3) is 11.0 Å². The standard InChI is InChI=1S/C28H29N5O3/c29-28(30)20-6-11-25-24(16-20)32-27(33(25)17-26(34)19-4-2-1-3-5-19)18-35-21-7-9-22(10-8-21)36-23-12-14-31-15-13-23/h1-11,16,23,31H,12-15,17-18H2,(H3,29,30). The minimum atomic E-state index is -0.0311. The molecule has 36 heavy (non-hydrogen) atoms. The summed E-state index contributed by atoms with van der Waals surface area (Å²) in [7, 11) is 0. The number of amidine groups is 1. The fraction of sp³-hybridized carbons (Fsp3) is 0.250. The second kappa shape index (κ2) is 10.6. The molecule has 5 rings (SSSR count). The molecule has 1 fully saturated rings. The van der Waals surface area contributed by atoms with E-state index in [2.05, 4.69) is 5.32 Å². The van der Waals surface area contributed by atoms with Crippen LogP contribution in [0.4, 0.5) is 0 Å². The molecule has 0 unspecified atom stereocenters. The SMILES string of the molecule is N=C(N)c1ccc2c(c1)nc(COc1ccc(OC3CCNCC3)cc1)n2CC(=O)c1ccccc1. The van der Waals surface area contributed by atoms with Crippen molar-refractivity contribution in [1.29, 1.82) is 5.41 Å². The molecule has 2 heterocycles. The molecule has 4 N–H and O–H groups in total. The van der Waals surface area contributed by atoms with E-state index in [1.165, 1.54) is 0 Å². The molecule has 0 saturated carbocycles. The maximum Gasteiger partial charge on any atom is 0.182 e. The van der Waals surface area contributed by atoms with Gasteiger partial charge in [0.2, 0.25) is 0 Å². The lowest BCUT2D eigenvalue weighted by molar-refractivity contribution is 0.0971. The Balaban J connectivity index is 1.35. The Morgan fingerprint density at radius 2 is 1.72 bits per heavy atom. The lowest BCUT2D eigenvalue weighted by Crippen LogP contribution is -2.34. The molecule has 1 aliphatic heterocycles. The number of benzene rings is 3. The van der Waals surface area contributed by atoms with E-state index >= 15 is 0 Å². The summed E-state index contributed by atoms with van der Waals surface area (Å²) < 4.78 is 14.0. The topological polar surface area (TPSA) is 115 Å². The molecule has 0 radical (unpaired) electrons. The average molecular weight is 484 g/mol. The normalized spacial score (nSPS) is 14.0. The summed E-state index contributed by atoms with van der Waals surface area (Å²) in [4.78, 5) is 17.7. The van der Waals surface area contributed by atoms with E-state index in [1.54, 1.807) is 24.3 Å². The Kier molecular flexibility index (Phi) is 6.95. The van der Waals surface area contributed by atoms with Gasteiger partial charge in [-0.3, -0.25) is 10.2 Å². The molecule has 1 saturated heterocycles. The average Bonchev–Trinajstić information content (AvgIpc) is 3.25. The maximum atomic E-state index is 13.0. The number of ether oxygens (including phenoxy) is 2. The van der Waals surface area contributed by atoms with Gasteiger partial charge in [0, 0.05) is 11.1 Å². The zero-order chi connectivity index (χ0) is 24.9. The first kappa shape index (κ1) is 23.6. The van der Waals surface area contributed by atoms with Gasteiger partial charge in [-0.1, -0.05) is 30.3 Å². The molecule has 4 aromatic rings. The molecule has 8 heteroatoms. The first-order chi connectivity index (χ1) is 17.6. The summed E-state index contributed by atoms with van der Waals surface area (Å²) in [6.45, 7) is 2.27. The van der Waals surface area contributed by atoms with Crippen LogP contribution in [-0.4, -0.2) is 40.4 Å². The van der Waals surface area contributed by atoms with Gasteiger partial charge < -0.3 is 25.1 Å². The number of nitrogens with one attached hydrogen (secondary N) is 2. The predicted molar refractivity (Wildman–Crippen MR) is 139 cm³/mol. The van der Waals surface area contributed by atoms with Gasteiger partial charge >= 0.3 is 0 Å². The van der Waals surface area contributed by atoms with Crippen LogP contribution in [0.3, 0.4) is 0 Å². The van der Waals surface area contributed by atoms with E-state index in [0.717, 1.165) is 37.2 Å². The van der Waals surface area contributed by atoms with Gasteiger partial charge in [0.25, 0.3) is 0 Å². The third-order valence-corrected chi connectivity index (χ3v) is 6.32. The molecule has 0 amide bonds. The van der Waals surface area contributed by atoms with Gasteiger partial charge in [0.1, 0.15) is 35.9 Å². The van der Waals surface area contributed by atoms with Crippen molar-refractivity contribution in [3.05, 3.63) is 89.7 Å². The van der Waals surface area contributed by atoms with Gasteiger partial charge in [-0.15, -0.1) is 0 Å². The molecule has 184 valence electrons. The fourth-order valence-electron chi connectivity index (χ4n) is 4.36. The molecule has 0 bridgehead atoms. The van der Waals surface area contributed by atoms with Crippen LogP contribution < -0.4 is 20.5 Å². The van der Waals surface area contributed by atoms with Gasteiger partial charge in [-0.2, -0.15) is 0 Å². The van der Waals surface area contributed by atoms with Crippen LogP contribution in [0, 0.1) is 5.41 Å². The summed E-state index contributed by atoms with van der Waals surface area (Å²) in [5.41, 5.74) is 8.33. The van der Waals surface area contributed by atoms with Gasteiger partial charge in [0.15, 0.2) is 5.78 Å². The summed E-state index contributed by atoms with van der Waals surface area (Å²) in [5.74, 6) is 2.07. The Labute approximate surface area is 209 Å². The fourth-order valence-corrected chi connectivity index (χ4v) is 4.36. The van der Waals surface area contributed by atoms with Crippen LogP contribution in [0.1, 0.15) is 34.6 Å². The number of nitrogens with zero attached hydrogens (tertiary/aromatic N) is 2. The number of fused-ring (bicyclic) bond motifs is 1. The number of nitrogen functional groups attached to an aromatic ring is 1. The number of rotatable bonds is 9. The Bertz CT molecular complexity index is 1360. The Morgan fingerprint density at radius 1 is 1.00 bits per heavy atom. The first-order valence-corrected chi connectivity index (χ1v) is 12.1. The van der Waals surface area contributed by atoms with E-state index in [4.69, 9.17) is 25.6 Å². The highest BCUT2D eigenvalue weighted by Gasteiger charge is 2.17. The zero-order valence-electron chi connectivity index (χ0n) is 19.9. The van der Waals surface area contributed by atoms with Gasteiger partial charge in [-0.05, 0) is 68.4 Å². The van der Waals surface area contributed by atoms with Crippen molar-refractivity contribution in [2.75, 3.05) is 13.1 Å². The molecule has 3 aromatic carbocycles. The largest absolute Gasteiger partial charge is 0.490 e. The number of Topliss-reactive ketones (excluding diaryl/α,β-unsaturated/α-hetero) is 1. The molecular weight excluding hydrogens is 454 g/mol. The smallest absolute Gasteiger partial charge is 0.182 e. The summed E-state index contributed by atoms with van der Waals surface area (Å²) in [6, 6.07) is 22.1. The number of hydrogen-bond donors (Lipinski definition) is 3. The highest BCUT2D eigenvalue weighted by atomic mass is 16.5. The highest BCUT2D eigenvalue weighted by Crippen LogP contribution is 2.23. The third kappa shape index (κ3) is 5.39. The van der Waals surface area contributed by atoms with Crippen LogP contribution in [0.15, 0.2) is 72.8 Å². The molecule has 0 aliphatic carbocycles. The van der Waals surface area contributed by atoms with Crippen LogP contribution in [0.5, 0.6) is 11.5 Å². The quantitative estimate of drug-likeness (QED) is 0.189. The second-order valence-corrected chi connectivity index (χ2v) is 8.85. The number of piperidine rings is 1. The molecule has 1 aromatic heterocycles. The Hall–Kier alpha value is -4.17. The molecule has 8 nitrogen and oxygen atoms in total. The monoisotopic (exact) mass is 483 g/mol. The molecule has 0 spiro atoms. The molecule has 1 aliphatic rings. The number of hydrogen-bond acceptors (Lipinski definition) is 6. The molecule has 0 atom stereocenters. The van der Waals surface area contributed by atoms with E-state index < -0.39 is 0 Å². The van der Waals surface area contributed by atoms with Crippen molar-refractivity contribution < 1.29 is 14.3 Å². The van der Waals surface area contributed by atoms with E-state index in [-0.39, 0.29) is 30.9 Å². The van der Waals surface area contributed by atoms with Crippen molar-refractivity contribution in [3.8, 4) is 11.5 Å². The van der Waals surface area contributed by atoms with E-state index in [9.17, 15) is 4.79 Å². The lowest BCUT2D eigenvalue weighted by atomic mass is 10.1. The first-order valence-electron chi connectivity index (χ1n) is 12.1. The number of carbonyl (C=O) groups is 1. The third-order valence-electron chi connectivity index (χ3n) is 6.32. The molecular formula is C28H29N5O3. The van der Waals surface area contributed by atoms with Crippen molar-refractivity contribution in [2.24, 2.45) is 5.73 Å². The number of ketones is 1. The van der Waals surface area contributed by atoms with E-state index in [1.807, 2.05) is 53.1 Å². The predicted octanol–water partition coefficient (Wildman–Crippen LogP) is 3.91. The minimum Gasteiger partial charge on any atom is -0.490 e. The van der Waals surface area contributed by atoms with Gasteiger partial charge in [-0.25, -0.2) is 4.98 Å². The van der Waals surface area contributed by atoms with Gasteiger partial charge in [0.05, 0.1) is 17.6 Å². The zero-order valence-corrected chi connectivity index (χ0v) is 19.9. The number of imidazole rings is 1. The second-order valence-electron chi connectivity index (χ2n) is 8.85.